The number of para-hydroxylation sites is 2. The molecule has 3 nitrogen and oxygen atoms in total. The van der Waals surface area contributed by atoms with Crippen LogP contribution in [0.4, 0.5) is 0 Å². The van der Waals surface area contributed by atoms with Crippen LogP contribution in [0.5, 0.6) is 0 Å². The van der Waals surface area contributed by atoms with Gasteiger partial charge in [0.05, 0.1) is 0 Å². The van der Waals surface area contributed by atoms with E-state index in [0.717, 1.165) is 5.92 Å². The number of rotatable bonds is 1. The second kappa shape index (κ2) is 6.96. The van der Waals surface area contributed by atoms with Crippen molar-refractivity contribution in [1.29, 1.82) is 0 Å². The van der Waals surface area contributed by atoms with Crippen molar-refractivity contribution in [2.45, 2.75) is 37.6 Å². The van der Waals surface area contributed by atoms with Gasteiger partial charge < -0.3 is 0 Å². The molecule has 2 saturated carbocycles. The van der Waals surface area contributed by atoms with E-state index in [1.807, 2.05) is 0 Å². The first kappa shape index (κ1) is 17.6. The molecular weight excluding hydrogens is 683 g/mol. The van der Waals surface area contributed by atoms with Gasteiger partial charge in [-0.1, -0.05) is 0 Å². The summed E-state index contributed by atoms with van der Waals surface area (Å²) in [5.41, 5.74) is 3.18. The fraction of sp³-hybridized carbons (Fsp3) is 0.562. The van der Waals surface area contributed by atoms with Crippen LogP contribution in [0.2, 0.25) is 0 Å². The number of fused-ring (bicyclic) bond motifs is 3. The summed E-state index contributed by atoms with van der Waals surface area (Å²) in [6.45, 7) is 0. The van der Waals surface area contributed by atoms with Gasteiger partial charge in [0.15, 0.2) is 0 Å². The fourth-order valence-corrected chi connectivity index (χ4v) is 5.75. The Bertz CT molecular complexity index is 685. The number of benzene rings is 1. The van der Waals surface area contributed by atoms with Crippen molar-refractivity contribution >= 4 is 56.8 Å². The Kier molecular flexibility index (Phi) is 5.58. The SMILES string of the molecule is Cn1[c](=[Pt])n(C)c2ccccc21.IN(I)[C@]12CC[C@@H](CC1)C2. The maximum atomic E-state index is 2.44. The van der Waals surface area contributed by atoms with E-state index in [1.165, 1.54) is 46.9 Å². The normalized spacial score (nSPS) is 26.6. The van der Waals surface area contributed by atoms with Crippen molar-refractivity contribution in [3.63, 3.8) is 0 Å². The first-order valence-corrected chi connectivity index (χ1v) is 10.7. The molecule has 124 valence electrons. The third-order valence-electron chi connectivity index (χ3n) is 5.18. The van der Waals surface area contributed by atoms with E-state index >= 15 is 0 Å². The molecule has 0 saturated heterocycles. The van der Waals surface area contributed by atoms with Crippen LogP contribution in [0.1, 0.15) is 32.1 Å². The first-order chi connectivity index (χ1) is 10.4. The topological polar surface area (TPSA) is 13.1 Å². The predicted molar refractivity (Wildman–Crippen MR) is 104 cm³/mol. The quantitative estimate of drug-likeness (QED) is 0.304. The van der Waals surface area contributed by atoms with E-state index in [-0.39, 0.29) is 0 Å². The summed E-state index contributed by atoms with van der Waals surface area (Å²) in [4.78, 5) is 0. The van der Waals surface area contributed by atoms with Gasteiger partial charge in [-0.3, -0.25) is 0 Å². The summed E-state index contributed by atoms with van der Waals surface area (Å²) in [5, 5.41) is 0. The van der Waals surface area contributed by atoms with Crippen LogP contribution in [0.25, 0.3) is 11.0 Å². The van der Waals surface area contributed by atoms with Gasteiger partial charge in [0.25, 0.3) is 0 Å². The molecule has 0 amide bonds. The molecule has 6 heteroatoms. The number of aryl methyl sites for hydroxylation is 2. The summed E-state index contributed by atoms with van der Waals surface area (Å²) in [7, 11) is 4.18. The third kappa shape index (κ3) is 3.16. The molecule has 1 aromatic heterocycles. The van der Waals surface area contributed by atoms with Crippen molar-refractivity contribution in [3.8, 4) is 0 Å². The average molecular weight is 704 g/mol. The molecule has 2 aliphatic rings. The maximum Gasteiger partial charge on any atom is 0.0411 e. The van der Waals surface area contributed by atoms with Crippen molar-refractivity contribution < 1.29 is 19.4 Å². The van der Waals surface area contributed by atoms with Crippen LogP contribution in [-0.4, -0.2) is 16.0 Å². The first-order valence-electron chi connectivity index (χ1n) is 7.62. The Hall–Kier alpha value is 0.798. The number of halogens is 2. The fourth-order valence-electron chi connectivity index (χ4n) is 3.84. The zero-order valence-electron chi connectivity index (χ0n) is 12.8. The van der Waals surface area contributed by atoms with Gasteiger partial charge in [-0.15, -0.1) is 0 Å². The summed E-state index contributed by atoms with van der Waals surface area (Å²) < 4.78 is 8.03. The molecule has 0 aliphatic heterocycles. The van der Waals surface area contributed by atoms with E-state index in [2.05, 4.69) is 114 Å². The van der Waals surface area contributed by atoms with Crippen LogP contribution in [0, 0.1) is 9.72 Å². The van der Waals surface area contributed by atoms with Crippen LogP contribution in [-0.2, 0) is 33.4 Å². The Balaban J connectivity index is 0.000000133. The van der Waals surface area contributed by atoms with Crippen LogP contribution in [0.15, 0.2) is 24.3 Å². The molecule has 2 aliphatic carbocycles. The smallest absolute Gasteiger partial charge is 0.0411 e. The Morgan fingerprint density at radius 1 is 1.09 bits per heavy atom. The van der Waals surface area contributed by atoms with Gasteiger partial charge >= 0.3 is 81.7 Å². The molecule has 2 aromatic rings. The summed E-state index contributed by atoms with van der Waals surface area (Å²) >= 11 is 7.22. The second-order valence-electron chi connectivity index (χ2n) is 6.45. The number of nitrogens with zero attached hydrogens (tertiary/aromatic N) is 3. The van der Waals surface area contributed by atoms with E-state index in [0.29, 0.717) is 5.54 Å². The summed E-state index contributed by atoms with van der Waals surface area (Å²) in [6.07, 6.45) is 7.34. The zero-order chi connectivity index (χ0) is 15.9. The Morgan fingerprint density at radius 3 is 1.91 bits per heavy atom. The maximum absolute atomic E-state index is 2.44. The number of hydrogen-bond donors (Lipinski definition) is 0. The molecule has 0 unspecified atom stereocenters. The predicted octanol–water partition coefficient (Wildman–Crippen LogP) is 4.92. The molecule has 0 N–H and O–H groups in total. The molecule has 22 heavy (non-hydrogen) atoms. The van der Waals surface area contributed by atoms with Crippen molar-refractivity contribution in [2.24, 2.45) is 20.0 Å². The molecule has 1 aromatic carbocycles. The number of aromatic nitrogens is 2. The van der Waals surface area contributed by atoms with Crippen molar-refractivity contribution in [2.75, 3.05) is 0 Å². The van der Waals surface area contributed by atoms with Gasteiger partial charge in [0, 0.05) is 51.3 Å². The minimum Gasteiger partial charge on any atom is -0.182 e. The van der Waals surface area contributed by atoms with Gasteiger partial charge in [-0.25, -0.2) is 0 Å². The van der Waals surface area contributed by atoms with E-state index in [9.17, 15) is 0 Å². The van der Waals surface area contributed by atoms with Crippen LogP contribution in [0.3, 0.4) is 0 Å². The number of hydrogen-bond acceptors (Lipinski definition) is 1. The minimum absolute atomic E-state index is 0.617. The van der Waals surface area contributed by atoms with E-state index in [4.69, 9.17) is 0 Å². The van der Waals surface area contributed by atoms with Crippen LogP contribution < -0.4 is 0 Å². The van der Waals surface area contributed by atoms with Gasteiger partial charge in [0.1, 0.15) is 0 Å². The zero-order valence-corrected chi connectivity index (χ0v) is 19.4. The van der Waals surface area contributed by atoms with Crippen molar-refractivity contribution in [1.82, 2.24) is 10.5 Å². The Labute approximate surface area is 170 Å². The summed E-state index contributed by atoms with van der Waals surface area (Å²) in [5.74, 6) is 1.08. The second-order valence-corrected chi connectivity index (χ2v) is 11.2. The van der Waals surface area contributed by atoms with Gasteiger partial charge in [-0.2, -0.15) is 1.33 Å². The Morgan fingerprint density at radius 2 is 1.59 bits per heavy atom. The average Bonchev–Trinajstić information content (AvgIpc) is 3.20. The van der Waals surface area contributed by atoms with Crippen LogP contribution >= 0.6 is 45.7 Å². The molecule has 2 bridgehead atoms. The summed E-state index contributed by atoms with van der Waals surface area (Å²) in [6, 6.07) is 8.41. The largest absolute Gasteiger partial charge is 0.182 e. The molecular formula is C16H21I2N3Pt. The van der Waals surface area contributed by atoms with Gasteiger partial charge in [-0.05, 0) is 38.0 Å². The van der Waals surface area contributed by atoms with E-state index < -0.39 is 0 Å². The monoisotopic (exact) mass is 704 g/mol. The van der Waals surface area contributed by atoms with Gasteiger partial charge in [0.2, 0.25) is 0 Å². The third-order valence-corrected chi connectivity index (χ3v) is 8.75. The molecule has 1 heterocycles. The molecule has 4 rings (SSSR count). The molecule has 0 radical (unpaired) electrons. The molecule has 2 fully saturated rings. The van der Waals surface area contributed by atoms with E-state index in [1.54, 1.807) is 0 Å². The molecule has 0 atom stereocenters. The standard InChI is InChI=1S/C9H10N2.C7H11I2N.Pt/c1-10-7-11(2)9-6-4-3-5-8(9)10;8-10(9)7-3-1-6(5-7)2-4-7;/h3-6H,1-2H3;6H,1-5H2;/t;6-,7+;. The minimum atomic E-state index is 0.617. The number of imidazole rings is 1. The van der Waals surface area contributed by atoms with Crippen molar-refractivity contribution in [3.05, 3.63) is 28.1 Å². The molecule has 0 spiro atoms.